The number of hydrogen-bond acceptors (Lipinski definition) is 1. The van der Waals surface area contributed by atoms with Gasteiger partial charge in [0.05, 0.1) is 0 Å². The van der Waals surface area contributed by atoms with E-state index in [1.165, 1.54) is 5.56 Å². The van der Waals surface area contributed by atoms with Gasteiger partial charge in [-0.25, -0.2) is 0 Å². The monoisotopic (exact) mass is 187 g/mol. The summed E-state index contributed by atoms with van der Waals surface area (Å²) in [4.78, 5) is 14.5. The molecule has 0 amide bonds. The molecule has 14 heavy (non-hydrogen) atoms. The highest BCUT2D eigenvalue weighted by molar-refractivity contribution is 6.07. The Morgan fingerprint density at radius 3 is 2.64 bits per heavy atom. The Morgan fingerprint density at radius 2 is 2.00 bits per heavy atom. The summed E-state index contributed by atoms with van der Waals surface area (Å²) < 4.78 is 0. The van der Waals surface area contributed by atoms with Crippen LogP contribution in [-0.2, 0) is 0 Å². The summed E-state index contributed by atoms with van der Waals surface area (Å²) in [6.07, 6.45) is 1.79. The van der Waals surface area contributed by atoms with Gasteiger partial charge in [0.2, 0.25) is 0 Å². The Hall–Kier alpha value is -1.57. The van der Waals surface area contributed by atoms with Crippen molar-refractivity contribution in [3.63, 3.8) is 0 Å². The molecule has 0 radical (unpaired) electrons. The van der Waals surface area contributed by atoms with Gasteiger partial charge < -0.3 is 4.98 Å². The van der Waals surface area contributed by atoms with Gasteiger partial charge in [-0.3, -0.25) is 4.79 Å². The number of ketones is 1. The summed E-state index contributed by atoms with van der Waals surface area (Å²) in [7, 11) is 0. The van der Waals surface area contributed by atoms with Gasteiger partial charge in [-0.1, -0.05) is 6.07 Å². The van der Waals surface area contributed by atoms with E-state index in [2.05, 4.69) is 24.0 Å². The molecule has 0 unspecified atom stereocenters. The molecule has 1 heterocycles. The molecule has 2 nitrogen and oxygen atoms in total. The maximum atomic E-state index is 11.3. The number of aromatic amines is 1. The third-order valence-electron chi connectivity index (χ3n) is 2.50. The van der Waals surface area contributed by atoms with Crippen molar-refractivity contribution >= 4 is 16.7 Å². The highest BCUT2D eigenvalue weighted by Gasteiger charge is 2.09. The molecule has 0 spiro atoms. The Morgan fingerprint density at radius 1 is 1.29 bits per heavy atom. The van der Waals surface area contributed by atoms with Crippen molar-refractivity contribution in [3.8, 4) is 0 Å². The number of fused-ring (bicyclic) bond motifs is 1. The maximum absolute atomic E-state index is 11.3. The van der Waals surface area contributed by atoms with E-state index in [9.17, 15) is 4.79 Å². The topological polar surface area (TPSA) is 32.9 Å². The van der Waals surface area contributed by atoms with Crippen LogP contribution in [0.3, 0.4) is 0 Å². The molecule has 1 aromatic carbocycles. The Balaban J connectivity index is 2.85. The molecular weight excluding hydrogens is 174 g/mol. The molecule has 0 saturated heterocycles. The zero-order valence-corrected chi connectivity index (χ0v) is 8.64. The molecule has 2 rings (SSSR count). The fourth-order valence-electron chi connectivity index (χ4n) is 1.94. The van der Waals surface area contributed by atoms with Crippen LogP contribution in [0.1, 0.15) is 28.4 Å². The lowest BCUT2D eigenvalue weighted by atomic mass is 10.0. The van der Waals surface area contributed by atoms with Gasteiger partial charge in [0.25, 0.3) is 0 Å². The molecule has 0 aliphatic heterocycles. The van der Waals surface area contributed by atoms with E-state index in [-0.39, 0.29) is 5.78 Å². The first-order chi connectivity index (χ1) is 6.59. The second-order valence-corrected chi connectivity index (χ2v) is 3.76. The van der Waals surface area contributed by atoms with Crippen molar-refractivity contribution in [3.05, 3.63) is 35.0 Å². The molecule has 0 saturated carbocycles. The summed E-state index contributed by atoms with van der Waals surface area (Å²) in [5.41, 5.74) is 4.21. The second kappa shape index (κ2) is 2.98. The van der Waals surface area contributed by atoms with Gasteiger partial charge in [0, 0.05) is 22.7 Å². The minimum absolute atomic E-state index is 0.114. The summed E-state index contributed by atoms with van der Waals surface area (Å²) in [6, 6.07) is 4.16. The predicted molar refractivity (Wildman–Crippen MR) is 57.8 cm³/mol. The fourth-order valence-corrected chi connectivity index (χ4v) is 1.94. The maximum Gasteiger partial charge on any atom is 0.161 e. The normalized spacial score (nSPS) is 10.8. The average molecular weight is 187 g/mol. The van der Waals surface area contributed by atoms with E-state index in [4.69, 9.17) is 0 Å². The van der Waals surface area contributed by atoms with Gasteiger partial charge in [0.15, 0.2) is 5.78 Å². The van der Waals surface area contributed by atoms with E-state index in [0.717, 1.165) is 22.0 Å². The van der Waals surface area contributed by atoms with Crippen molar-refractivity contribution in [2.24, 2.45) is 0 Å². The van der Waals surface area contributed by atoms with Gasteiger partial charge in [-0.15, -0.1) is 0 Å². The highest BCUT2D eigenvalue weighted by atomic mass is 16.1. The number of aromatic nitrogens is 1. The third-order valence-corrected chi connectivity index (χ3v) is 2.50. The average Bonchev–Trinajstić information content (AvgIpc) is 2.47. The predicted octanol–water partition coefficient (Wildman–Crippen LogP) is 2.99. The van der Waals surface area contributed by atoms with Crippen LogP contribution in [0.5, 0.6) is 0 Å². The molecule has 2 aromatic rings. The van der Waals surface area contributed by atoms with Gasteiger partial charge in [0.1, 0.15) is 0 Å². The van der Waals surface area contributed by atoms with Crippen molar-refractivity contribution < 1.29 is 4.79 Å². The first-order valence-corrected chi connectivity index (χ1v) is 4.69. The highest BCUT2D eigenvalue weighted by Crippen LogP contribution is 2.23. The zero-order chi connectivity index (χ0) is 10.3. The molecule has 0 aliphatic rings. The number of nitrogens with one attached hydrogen (secondary N) is 1. The van der Waals surface area contributed by atoms with Gasteiger partial charge in [-0.05, 0) is 38.0 Å². The molecular formula is C12H13NO. The lowest BCUT2D eigenvalue weighted by molar-refractivity contribution is 0.101. The molecule has 2 heteroatoms. The molecule has 0 fully saturated rings. The second-order valence-electron chi connectivity index (χ2n) is 3.76. The van der Waals surface area contributed by atoms with Crippen LogP contribution in [0.4, 0.5) is 0 Å². The number of hydrogen-bond donors (Lipinski definition) is 1. The van der Waals surface area contributed by atoms with Crippen LogP contribution in [0, 0.1) is 13.8 Å². The molecule has 72 valence electrons. The largest absolute Gasteiger partial charge is 0.360 e. The van der Waals surface area contributed by atoms with Crippen LogP contribution in [0.2, 0.25) is 0 Å². The quantitative estimate of drug-likeness (QED) is 0.684. The van der Waals surface area contributed by atoms with Gasteiger partial charge >= 0.3 is 0 Å². The van der Waals surface area contributed by atoms with Crippen molar-refractivity contribution in [1.82, 2.24) is 4.98 Å². The first kappa shape index (κ1) is 9.00. The molecule has 1 aromatic heterocycles. The third kappa shape index (κ3) is 1.23. The Kier molecular flexibility index (Phi) is 1.92. The summed E-state index contributed by atoms with van der Waals surface area (Å²) in [5.74, 6) is 0.114. The number of Topliss-reactive ketones (excluding diaryl/α,β-unsaturated/α-hetero) is 1. The van der Waals surface area contributed by atoms with Crippen molar-refractivity contribution in [2.75, 3.05) is 0 Å². The summed E-state index contributed by atoms with van der Waals surface area (Å²) >= 11 is 0. The summed E-state index contributed by atoms with van der Waals surface area (Å²) in [5, 5.41) is 1.06. The van der Waals surface area contributed by atoms with Gasteiger partial charge in [-0.2, -0.15) is 0 Å². The number of benzene rings is 1. The number of carbonyl (C=O) groups excluding carboxylic acids is 1. The van der Waals surface area contributed by atoms with E-state index < -0.39 is 0 Å². The van der Waals surface area contributed by atoms with Crippen LogP contribution < -0.4 is 0 Å². The SMILES string of the molecule is CC(=O)c1c[nH]c2cc(C)cc(C)c12. The molecule has 1 N–H and O–H groups in total. The van der Waals surface area contributed by atoms with Crippen molar-refractivity contribution in [2.45, 2.75) is 20.8 Å². The number of aryl methyl sites for hydroxylation is 2. The van der Waals surface area contributed by atoms with E-state index in [1.807, 2.05) is 6.92 Å². The van der Waals surface area contributed by atoms with E-state index in [0.29, 0.717) is 0 Å². The lowest BCUT2D eigenvalue weighted by Crippen LogP contribution is -1.90. The van der Waals surface area contributed by atoms with Crippen LogP contribution >= 0.6 is 0 Å². The minimum atomic E-state index is 0.114. The zero-order valence-electron chi connectivity index (χ0n) is 8.64. The first-order valence-electron chi connectivity index (χ1n) is 4.69. The standard InChI is InChI=1S/C12H13NO/c1-7-4-8(2)12-10(9(3)14)6-13-11(12)5-7/h4-6,13H,1-3H3. The number of H-pyrrole nitrogens is 1. The smallest absolute Gasteiger partial charge is 0.161 e. The number of rotatable bonds is 1. The number of carbonyl (C=O) groups is 1. The fraction of sp³-hybridized carbons (Fsp3) is 0.250. The summed E-state index contributed by atoms with van der Waals surface area (Å²) in [6.45, 7) is 5.69. The Bertz CT molecular complexity index is 508. The van der Waals surface area contributed by atoms with E-state index in [1.54, 1.807) is 13.1 Å². The van der Waals surface area contributed by atoms with Crippen LogP contribution in [0.25, 0.3) is 10.9 Å². The van der Waals surface area contributed by atoms with Crippen molar-refractivity contribution in [1.29, 1.82) is 0 Å². The lowest BCUT2D eigenvalue weighted by Gasteiger charge is -2.00. The molecule has 0 bridgehead atoms. The Labute approximate surface area is 82.9 Å². The minimum Gasteiger partial charge on any atom is -0.360 e. The molecule has 0 atom stereocenters. The van der Waals surface area contributed by atoms with Crippen LogP contribution in [0.15, 0.2) is 18.3 Å². The van der Waals surface area contributed by atoms with E-state index >= 15 is 0 Å². The molecule has 0 aliphatic carbocycles. The van der Waals surface area contributed by atoms with Crippen LogP contribution in [-0.4, -0.2) is 10.8 Å².